The SMILES string of the molecule is CC(C)c1noc(N2CCCCC2=O)n1. The number of hydrogen-bond acceptors (Lipinski definition) is 4. The van der Waals surface area contributed by atoms with Crippen molar-refractivity contribution in [2.24, 2.45) is 0 Å². The smallest absolute Gasteiger partial charge is 0.315 e. The van der Waals surface area contributed by atoms with E-state index in [-0.39, 0.29) is 11.8 Å². The number of carbonyl (C=O) groups is 1. The zero-order valence-corrected chi connectivity index (χ0v) is 9.06. The maximum atomic E-state index is 11.6. The van der Waals surface area contributed by atoms with E-state index in [9.17, 15) is 4.79 Å². The predicted molar refractivity (Wildman–Crippen MR) is 54.6 cm³/mol. The van der Waals surface area contributed by atoms with Crippen molar-refractivity contribution in [3.8, 4) is 0 Å². The molecule has 2 rings (SSSR count). The molecule has 5 nitrogen and oxygen atoms in total. The summed E-state index contributed by atoms with van der Waals surface area (Å²) in [4.78, 5) is 17.4. The first-order chi connectivity index (χ1) is 7.18. The van der Waals surface area contributed by atoms with E-state index in [1.165, 1.54) is 0 Å². The molecule has 0 N–H and O–H groups in total. The zero-order chi connectivity index (χ0) is 10.8. The molecular weight excluding hydrogens is 194 g/mol. The van der Waals surface area contributed by atoms with Gasteiger partial charge in [-0.25, -0.2) is 0 Å². The van der Waals surface area contributed by atoms with Crippen LogP contribution in [0.1, 0.15) is 44.9 Å². The van der Waals surface area contributed by atoms with Crippen LogP contribution < -0.4 is 4.90 Å². The standard InChI is InChI=1S/C10H15N3O2/c1-7(2)9-11-10(15-12-9)13-6-4-3-5-8(13)14/h7H,3-6H2,1-2H3. The molecule has 1 aromatic heterocycles. The van der Waals surface area contributed by atoms with E-state index in [1.54, 1.807) is 4.90 Å². The first kappa shape index (κ1) is 10.1. The van der Waals surface area contributed by atoms with E-state index >= 15 is 0 Å². The second kappa shape index (κ2) is 4.00. The van der Waals surface area contributed by atoms with Crippen LogP contribution in [0.15, 0.2) is 4.52 Å². The van der Waals surface area contributed by atoms with Crippen LogP contribution in [-0.4, -0.2) is 22.6 Å². The maximum Gasteiger partial charge on any atom is 0.330 e. The number of amides is 1. The molecule has 1 fully saturated rings. The zero-order valence-electron chi connectivity index (χ0n) is 9.06. The van der Waals surface area contributed by atoms with Gasteiger partial charge < -0.3 is 4.52 Å². The topological polar surface area (TPSA) is 59.2 Å². The Hall–Kier alpha value is -1.39. The van der Waals surface area contributed by atoms with Gasteiger partial charge in [0.1, 0.15) is 0 Å². The Morgan fingerprint density at radius 3 is 2.80 bits per heavy atom. The second-order valence-corrected chi connectivity index (χ2v) is 4.09. The van der Waals surface area contributed by atoms with Crippen molar-refractivity contribution in [2.45, 2.75) is 39.0 Å². The quantitative estimate of drug-likeness (QED) is 0.744. The molecule has 1 aliphatic rings. The molecule has 2 heterocycles. The molecule has 5 heteroatoms. The Bertz CT molecular complexity index is 359. The lowest BCUT2D eigenvalue weighted by Gasteiger charge is -2.21. The molecule has 0 radical (unpaired) electrons. The van der Waals surface area contributed by atoms with Gasteiger partial charge in [0, 0.05) is 18.9 Å². The van der Waals surface area contributed by atoms with Crippen LogP contribution in [0.2, 0.25) is 0 Å². The number of aromatic nitrogens is 2. The van der Waals surface area contributed by atoms with Crippen LogP contribution in [0.25, 0.3) is 0 Å². The lowest BCUT2D eigenvalue weighted by molar-refractivity contribution is -0.119. The lowest BCUT2D eigenvalue weighted by Crippen LogP contribution is -2.35. The fraction of sp³-hybridized carbons (Fsp3) is 0.700. The average Bonchev–Trinajstić information content (AvgIpc) is 2.67. The van der Waals surface area contributed by atoms with Gasteiger partial charge in [0.15, 0.2) is 5.82 Å². The van der Waals surface area contributed by atoms with Gasteiger partial charge in [0.2, 0.25) is 5.91 Å². The van der Waals surface area contributed by atoms with Crippen LogP contribution in [0, 0.1) is 0 Å². The molecule has 0 bridgehead atoms. The molecule has 0 saturated carbocycles. The van der Waals surface area contributed by atoms with Gasteiger partial charge in [-0.15, -0.1) is 0 Å². The van der Waals surface area contributed by atoms with E-state index in [0.717, 1.165) is 12.8 Å². The fourth-order valence-corrected chi connectivity index (χ4v) is 1.58. The Morgan fingerprint density at radius 2 is 2.20 bits per heavy atom. The van der Waals surface area contributed by atoms with Gasteiger partial charge in [0.05, 0.1) is 0 Å². The van der Waals surface area contributed by atoms with Crippen LogP contribution >= 0.6 is 0 Å². The summed E-state index contributed by atoms with van der Waals surface area (Å²) in [6.45, 7) is 4.68. The third-order valence-electron chi connectivity index (χ3n) is 2.50. The highest BCUT2D eigenvalue weighted by Gasteiger charge is 2.24. The van der Waals surface area contributed by atoms with Crippen LogP contribution in [-0.2, 0) is 4.79 Å². The van der Waals surface area contributed by atoms with Crippen molar-refractivity contribution in [3.63, 3.8) is 0 Å². The molecule has 1 saturated heterocycles. The number of nitrogens with zero attached hydrogens (tertiary/aromatic N) is 3. The summed E-state index contributed by atoms with van der Waals surface area (Å²) in [7, 11) is 0. The van der Waals surface area contributed by atoms with Crippen LogP contribution in [0.5, 0.6) is 0 Å². The third-order valence-corrected chi connectivity index (χ3v) is 2.50. The van der Waals surface area contributed by atoms with E-state index in [0.29, 0.717) is 24.8 Å². The second-order valence-electron chi connectivity index (χ2n) is 4.09. The van der Waals surface area contributed by atoms with E-state index in [4.69, 9.17) is 4.52 Å². The normalized spacial score (nSPS) is 17.5. The molecule has 0 spiro atoms. The summed E-state index contributed by atoms with van der Waals surface area (Å²) in [5.74, 6) is 0.964. The Labute approximate surface area is 88.5 Å². The van der Waals surface area contributed by atoms with Crippen molar-refractivity contribution in [2.75, 3.05) is 11.4 Å². The molecule has 0 atom stereocenters. The van der Waals surface area contributed by atoms with Crippen LogP contribution in [0.4, 0.5) is 6.01 Å². The summed E-state index contributed by atoms with van der Waals surface area (Å²) < 4.78 is 5.08. The number of carbonyl (C=O) groups excluding carboxylic acids is 1. The monoisotopic (exact) mass is 209 g/mol. The molecule has 82 valence electrons. The highest BCUT2D eigenvalue weighted by atomic mass is 16.5. The molecular formula is C10H15N3O2. The number of hydrogen-bond donors (Lipinski definition) is 0. The van der Waals surface area contributed by atoms with E-state index in [2.05, 4.69) is 10.1 Å². The maximum absolute atomic E-state index is 11.6. The molecule has 15 heavy (non-hydrogen) atoms. The third kappa shape index (κ3) is 2.00. The van der Waals surface area contributed by atoms with Crippen molar-refractivity contribution in [1.29, 1.82) is 0 Å². The number of anilines is 1. The summed E-state index contributed by atoms with van der Waals surface area (Å²) in [6.07, 6.45) is 2.55. The minimum Gasteiger partial charge on any atom is -0.315 e. The summed E-state index contributed by atoms with van der Waals surface area (Å²) >= 11 is 0. The number of rotatable bonds is 2. The summed E-state index contributed by atoms with van der Waals surface area (Å²) in [5, 5.41) is 3.85. The van der Waals surface area contributed by atoms with Gasteiger partial charge in [-0.1, -0.05) is 19.0 Å². The largest absolute Gasteiger partial charge is 0.330 e. The van der Waals surface area contributed by atoms with Crippen molar-refractivity contribution in [1.82, 2.24) is 10.1 Å². The molecule has 0 aromatic carbocycles. The predicted octanol–water partition coefficient (Wildman–Crippen LogP) is 1.71. The molecule has 1 aliphatic heterocycles. The minimum atomic E-state index is 0.0835. The van der Waals surface area contributed by atoms with Crippen molar-refractivity contribution in [3.05, 3.63) is 5.82 Å². The number of piperidine rings is 1. The molecule has 1 aromatic rings. The lowest BCUT2D eigenvalue weighted by atomic mass is 10.1. The molecule has 0 aliphatic carbocycles. The summed E-state index contributed by atoms with van der Waals surface area (Å²) in [5.41, 5.74) is 0. The van der Waals surface area contributed by atoms with Crippen molar-refractivity contribution < 1.29 is 9.32 Å². The Morgan fingerprint density at radius 1 is 1.40 bits per heavy atom. The fourth-order valence-electron chi connectivity index (χ4n) is 1.58. The van der Waals surface area contributed by atoms with Gasteiger partial charge in [-0.2, -0.15) is 4.98 Å². The van der Waals surface area contributed by atoms with Crippen molar-refractivity contribution >= 4 is 11.9 Å². The molecule has 1 amide bonds. The van der Waals surface area contributed by atoms with Crippen LogP contribution in [0.3, 0.4) is 0 Å². The van der Waals surface area contributed by atoms with E-state index < -0.39 is 0 Å². The van der Waals surface area contributed by atoms with Gasteiger partial charge in [-0.3, -0.25) is 9.69 Å². The highest BCUT2D eigenvalue weighted by molar-refractivity contribution is 5.91. The van der Waals surface area contributed by atoms with E-state index in [1.807, 2.05) is 13.8 Å². The summed E-state index contributed by atoms with van der Waals surface area (Å²) in [6, 6.07) is 0.350. The minimum absolute atomic E-state index is 0.0835. The van der Waals surface area contributed by atoms with Gasteiger partial charge in [-0.05, 0) is 12.8 Å². The van der Waals surface area contributed by atoms with Gasteiger partial charge in [0.25, 0.3) is 0 Å². The Balaban J connectivity index is 2.17. The molecule has 0 unspecified atom stereocenters. The highest BCUT2D eigenvalue weighted by Crippen LogP contribution is 2.20. The average molecular weight is 209 g/mol. The first-order valence-electron chi connectivity index (χ1n) is 5.32. The Kier molecular flexibility index (Phi) is 2.70. The van der Waals surface area contributed by atoms with Gasteiger partial charge >= 0.3 is 6.01 Å². The first-order valence-corrected chi connectivity index (χ1v) is 5.32.